The van der Waals surface area contributed by atoms with Crippen molar-refractivity contribution >= 4 is 0 Å². The number of hydrogen-bond acceptors (Lipinski definition) is 4. The Morgan fingerprint density at radius 3 is 2.81 bits per heavy atom. The fourth-order valence-corrected chi connectivity index (χ4v) is 3.28. The lowest BCUT2D eigenvalue weighted by atomic mass is 10.2. The highest BCUT2D eigenvalue weighted by Crippen LogP contribution is 2.22. The molecule has 3 aromatic rings. The van der Waals surface area contributed by atoms with E-state index < -0.39 is 0 Å². The van der Waals surface area contributed by atoms with E-state index in [1.165, 1.54) is 0 Å². The predicted molar refractivity (Wildman–Crippen MR) is 101 cm³/mol. The maximum absolute atomic E-state index is 5.97. The number of nitrogens with one attached hydrogen (secondary N) is 1. The van der Waals surface area contributed by atoms with E-state index in [0.717, 1.165) is 48.0 Å². The molecule has 0 fully saturated rings. The Kier molecular flexibility index (Phi) is 5.00. The minimum Gasteiger partial charge on any atom is -0.496 e. The number of aromatic nitrogens is 2. The van der Waals surface area contributed by atoms with Gasteiger partial charge in [0.1, 0.15) is 18.2 Å². The Balaban J connectivity index is 1.36. The summed E-state index contributed by atoms with van der Waals surface area (Å²) >= 11 is 0. The highest BCUT2D eigenvalue weighted by Gasteiger charge is 2.21. The lowest BCUT2D eigenvalue weighted by Crippen LogP contribution is -2.36. The van der Waals surface area contributed by atoms with Crippen molar-refractivity contribution < 1.29 is 9.47 Å². The Bertz CT molecular complexity index is 861. The molecule has 2 aromatic carbocycles. The molecule has 0 amide bonds. The molecule has 134 valence electrons. The summed E-state index contributed by atoms with van der Waals surface area (Å²) in [5.41, 5.74) is 3.30. The minimum atomic E-state index is 0.134. The Morgan fingerprint density at radius 1 is 1.15 bits per heavy atom. The Hall–Kier alpha value is -2.63. The second-order valence-electron chi connectivity index (χ2n) is 6.44. The summed E-state index contributed by atoms with van der Waals surface area (Å²) < 4.78 is 13.6. The van der Waals surface area contributed by atoms with Crippen LogP contribution in [0, 0.1) is 0 Å². The molecule has 0 saturated carbocycles. The largest absolute Gasteiger partial charge is 0.496 e. The number of ether oxygens (including phenoxy) is 2. The molecule has 1 aliphatic rings. The summed E-state index contributed by atoms with van der Waals surface area (Å²) in [5.74, 6) is 1.90. The number of rotatable bonds is 6. The van der Waals surface area contributed by atoms with Gasteiger partial charge >= 0.3 is 0 Å². The van der Waals surface area contributed by atoms with E-state index in [1.807, 2.05) is 36.4 Å². The first-order valence-electron chi connectivity index (χ1n) is 8.89. The maximum Gasteiger partial charge on any atom is 0.135 e. The van der Waals surface area contributed by atoms with Gasteiger partial charge in [0.15, 0.2) is 0 Å². The van der Waals surface area contributed by atoms with E-state index in [4.69, 9.17) is 14.5 Å². The van der Waals surface area contributed by atoms with E-state index in [-0.39, 0.29) is 6.10 Å². The van der Waals surface area contributed by atoms with Crippen LogP contribution in [0.15, 0.2) is 60.8 Å². The lowest BCUT2D eigenvalue weighted by molar-refractivity contribution is 0.00276. The molecule has 2 heterocycles. The summed E-state index contributed by atoms with van der Waals surface area (Å²) in [6.45, 7) is 2.91. The van der Waals surface area contributed by atoms with Crippen LogP contribution >= 0.6 is 0 Å². The molecular weight excluding hydrogens is 326 g/mol. The molecule has 5 heteroatoms. The zero-order valence-electron chi connectivity index (χ0n) is 14.9. The fraction of sp³-hybridized carbons (Fsp3) is 0.286. The molecule has 1 aliphatic heterocycles. The van der Waals surface area contributed by atoms with Gasteiger partial charge in [0.25, 0.3) is 0 Å². The van der Waals surface area contributed by atoms with Gasteiger partial charge in [0.2, 0.25) is 0 Å². The van der Waals surface area contributed by atoms with E-state index in [0.29, 0.717) is 6.61 Å². The Labute approximate surface area is 153 Å². The van der Waals surface area contributed by atoms with Crippen LogP contribution in [0.2, 0.25) is 0 Å². The average Bonchev–Trinajstić information content (AvgIpc) is 3.12. The van der Waals surface area contributed by atoms with Crippen molar-refractivity contribution in [2.45, 2.75) is 25.8 Å². The van der Waals surface area contributed by atoms with Gasteiger partial charge in [-0.3, -0.25) is 0 Å². The van der Waals surface area contributed by atoms with E-state index in [9.17, 15) is 0 Å². The molecule has 1 unspecified atom stereocenters. The molecule has 26 heavy (non-hydrogen) atoms. The molecule has 5 nitrogen and oxygen atoms in total. The van der Waals surface area contributed by atoms with Crippen molar-refractivity contribution in [2.24, 2.45) is 0 Å². The summed E-state index contributed by atoms with van der Waals surface area (Å²) in [5, 5.41) is 3.48. The van der Waals surface area contributed by atoms with Gasteiger partial charge in [-0.1, -0.05) is 48.5 Å². The summed E-state index contributed by atoms with van der Waals surface area (Å²) in [4.78, 5) is 4.71. The number of benzene rings is 2. The number of fused-ring (bicyclic) bond motifs is 1. The highest BCUT2D eigenvalue weighted by atomic mass is 16.5. The third kappa shape index (κ3) is 3.64. The second-order valence-corrected chi connectivity index (χ2v) is 6.44. The van der Waals surface area contributed by atoms with E-state index >= 15 is 0 Å². The highest BCUT2D eigenvalue weighted by molar-refractivity contribution is 5.58. The molecule has 0 saturated heterocycles. The quantitative estimate of drug-likeness (QED) is 0.742. The predicted octanol–water partition coefficient (Wildman–Crippen LogP) is 3.25. The molecular formula is C21H23N3O2. The number of para-hydroxylation sites is 1. The van der Waals surface area contributed by atoms with Crippen molar-refractivity contribution in [2.75, 3.05) is 13.7 Å². The van der Waals surface area contributed by atoms with Gasteiger partial charge in [0, 0.05) is 30.4 Å². The topological polar surface area (TPSA) is 48.3 Å². The van der Waals surface area contributed by atoms with Crippen LogP contribution in [0.5, 0.6) is 5.75 Å². The first-order chi connectivity index (χ1) is 12.8. The summed E-state index contributed by atoms with van der Waals surface area (Å²) in [6, 6.07) is 18.3. The Morgan fingerprint density at radius 2 is 1.96 bits per heavy atom. The SMILES string of the molecule is COc1ccccc1CNCC1Cn2cc(-c3ccccc3)nc2CO1. The van der Waals surface area contributed by atoms with Gasteiger partial charge < -0.3 is 19.4 Å². The van der Waals surface area contributed by atoms with Crippen LogP contribution in [0.4, 0.5) is 0 Å². The number of methoxy groups -OCH3 is 1. The number of nitrogens with zero attached hydrogens (tertiary/aromatic N) is 2. The summed E-state index contributed by atoms with van der Waals surface area (Å²) in [7, 11) is 1.70. The lowest BCUT2D eigenvalue weighted by Gasteiger charge is -2.24. The van der Waals surface area contributed by atoms with Crippen LogP contribution < -0.4 is 10.1 Å². The van der Waals surface area contributed by atoms with Gasteiger partial charge in [-0.2, -0.15) is 0 Å². The first-order valence-corrected chi connectivity index (χ1v) is 8.89. The third-order valence-corrected chi connectivity index (χ3v) is 4.66. The van der Waals surface area contributed by atoms with Crippen LogP contribution in [-0.2, 0) is 24.4 Å². The van der Waals surface area contributed by atoms with Crippen molar-refractivity contribution in [1.29, 1.82) is 0 Å². The van der Waals surface area contributed by atoms with Crippen LogP contribution in [0.3, 0.4) is 0 Å². The van der Waals surface area contributed by atoms with Crippen LogP contribution in [0.25, 0.3) is 11.3 Å². The minimum absolute atomic E-state index is 0.134. The average molecular weight is 349 g/mol. The standard InChI is InChI=1S/C21H23N3O2/c1-25-20-10-6-5-9-17(20)11-22-12-18-13-24-14-19(23-21(24)15-26-18)16-7-3-2-4-8-16/h2-10,14,18,22H,11-13,15H2,1H3. The monoisotopic (exact) mass is 349 g/mol. The number of imidazole rings is 1. The van der Waals surface area contributed by atoms with Crippen LogP contribution in [-0.4, -0.2) is 29.3 Å². The second kappa shape index (κ2) is 7.72. The van der Waals surface area contributed by atoms with Crippen molar-refractivity contribution in [1.82, 2.24) is 14.9 Å². The molecule has 0 spiro atoms. The van der Waals surface area contributed by atoms with Gasteiger partial charge in [-0.15, -0.1) is 0 Å². The molecule has 1 N–H and O–H groups in total. The fourth-order valence-electron chi connectivity index (χ4n) is 3.28. The smallest absolute Gasteiger partial charge is 0.135 e. The van der Waals surface area contributed by atoms with Gasteiger partial charge in [-0.05, 0) is 6.07 Å². The first kappa shape index (κ1) is 16.8. The third-order valence-electron chi connectivity index (χ3n) is 4.66. The van der Waals surface area contributed by atoms with Crippen molar-refractivity contribution in [3.8, 4) is 17.0 Å². The van der Waals surface area contributed by atoms with E-state index in [2.05, 4.69) is 34.3 Å². The molecule has 1 aromatic heterocycles. The van der Waals surface area contributed by atoms with E-state index in [1.54, 1.807) is 7.11 Å². The maximum atomic E-state index is 5.97. The number of hydrogen-bond donors (Lipinski definition) is 1. The van der Waals surface area contributed by atoms with Crippen molar-refractivity contribution in [3.05, 3.63) is 72.2 Å². The summed E-state index contributed by atoms with van der Waals surface area (Å²) in [6.07, 6.45) is 2.26. The normalized spacial score (nSPS) is 16.3. The molecule has 0 bridgehead atoms. The zero-order valence-corrected chi connectivity index (χ0v) is 14.9. The molecule has 0 aliphatic carbocycles. The molecule has 0 radical (unpaired) electrons. The molecule has 4 rings (SSSR count). The molecule has 1 atom stereocenters. The zero-order chi connectivity index (χ0) is 17.8. The van der Waals surface area contributed by atoms with Crippen LogP contribution in [0.1, 0.15) is 11.4 Å². The van der Waals surface area contributed by atoms with Crippen molar-refractivity contribution in [3.63, 3.8) is 0 Å². The van der Waals surface area contributed by atoms with Gasteiger partial charge in [0.05, 0.1) is 25.5 Å². The van der Waals surface area contributed by atoms with Gasteiger partial charge in [-0.25, -0.2) is 4.98 Å².